The number of nitrogens with zero attached hydrogens (tertiary/aromatic N) is 1. The van der Waals surface area contributed by atoms with Crippen molar-refractivity contribution in [2.24, 2.45) is 11.1 Å². The molecule has 1 saturated carbocycles. The maximum atomic E-state index is 5.81. The lowest BCUT2D eigenvalue weighted by molar-refractivity contribution is 0.141. The van der Waals surface area contributed by atoms with Crippen LogP contribution in [-0.4, -0.2) is 24.6 Å². The minimum atomic E-state index is 0.412. The number of nitrogens with one attached hydrogen (secondary N) is 1. The Labute approximate surface area is 97.5 Å². The molecule has 0 atom stereocenters. The molecule has 88 valence electrons. The van der Waals surface area contributed by atoms with Gasteiger partial charge in [-0.15, -0.1) is 0 Å². The Hall–Kier alpha value is -0.930. The van der Waals surface area contributed by atoms with Crippen LogP contribution in [0.1, 0.15) is 24.8 Å². The molecular weight excluding hydrogens is 198 g/mol. The summed E-state index contributed by atoms with van der Waals surface area (Å²) in [6.45, 7) is 2.92. The van der Waals surface area contributed by atoms with Gasteiger partial charge in [-0.25, -0.2) is 0 Å². The third-order valence-electron chi connectivity index (χ3n) is 3.66. The summed E-state index contributed by atoms with van der Waals surface area (Å²) in [5.41, 5.74) is 7.52. The van der Waals surface area contributed by atoms with Crippen LogP contribution in [0.3, 0.4) is 0 Å². The second-order valence-electron chi connectivity index (χ2n) is 4.85. The molecule has 1 aromatic rings. The topological polar surface area (TPSA) is 50.9 Å². The van der Waals surface area contributed by atoms with Crippen LogP contribution in [0.2, 0.25) is 0 Å². The Bertz CT molecular complexity index is 301. The molecule has 0 bridgehead atoms. The van der Waals surface area contributed by atoms with Gasteiger partial charge in [0.05, 0.1) is 0 Å². The minimum absolute atomic E-state index is 0.412. The highest BCUT2D eigenvalue weighted by molar-refractivity contribution is 5.08. The minimum Gasteiger partial charge on any atom is -0.330 e. The van der Waals surface area contributed by atoms with Gasteiger partial charge in [0.2, 0.25) is 0 Å². The highest BCUT2D eigenvalue weighted by atomic mass is 14.9. The largest absolute Gasteiger partial charge is 0.330 e. The number of rotatable bonds is 6. The van der Waals surface area contributed by atoms with Gasteiger partial charge < -0.3 is 11.1 Å². The van der Waals surface area contributed by atoms with Crippen molar-refractivity contribution < 1.29 is 0 Å². The molecule has 1 aliphatic rings. The highest BCUT2D eigenvalue weighted by Gasteiger charge is 2.34. The molecule has 3 nitrogen and oxygen atoms in total. The van der Waals surface area contributed by atoms with Crippen LogP contribution >= 0.6 is 0 Å². The third-order valence-corrected chi connectivity index (χ3v) is 3.66. The van der Waals surface area contributed by atoms with E-state index in [0.29, 0.717) is 5.41 Å². The molecule has 1 fully saturated rings. The van der Waals surface area contributed by atoms with Crippen molar-refractivity contribution in [1.82, 2.24) is 10.3 Å². The van der Waals surface area contributed by atoms with Gasteiger partial charge in [-0.3, -0.25) is 4.98 Å². The zero-order valence-electron chi connectivity index (χ0n) is 9.78. The van der Waals surface area contributed by atoms with Crippen molar-refractivity contribution in [3.63, 3.8) is 0 Å². The number of aromatic nitrogens is 1. The monoisotopic (exact) mass is 219 g/mol. The molecule has 0 aromatic carbocycles. The van der Waals surface area contributed by atoms with Crippen LogP contribution in [0, 0.1) is 5.41 Å². The zero-order valence-corrected chi connectivity index (χ0v) is 9.78. The van der Waals surface area contributed by atoms with Gasteiger partial charge in [0.15, 0.2) is 0 Å². The van der Waals surface area contributed by atoms with Crippen molar-refractivity contribution in [2.75, 3.05) is 19.6 Å². The first-order valence-electron chi connectivity index (χ1n) is 6.14. The van der Waals surface area contributed by atoms with Crippen LogP contribution in [0.4, 0.5) is 0 Å². The summed E-state index contributed by atoms with van der Waals surface area (Å²) in [5.74, 6) is 0. The molecule has 0 unspecified atom stereocenters. The maximum absolute atomic E-state index is 5.81. The molecule has 1 aliphatic carbocycles. The summed E-state index contributed by atoms with van der Waals surface area (Å²) in [4.78, 5) is 4.11. The second kappa shape index (κ2) is 5.41. The van der Waals surface area contributed by atoms with Crippen LogP contribution in [0.5, 0.6) is 0 Å². The lowest BCUT2D eigenvalue weighted by Crippen LogP contribution is -2.45. The van der Waals surface area contributed by atoms with E-state index in [2.05, 4.69) is 16.4 Å². The molecule has 3 N–H and O–H groups in total. The summed E-state index contributed by atoms with van der Waals surface area (Å²) in [6.07, 6.45) is 8.74. The summed E-state index contributed by atoms with van der Waals surface area (Å²) in [5, 5.41) is 3.52. The molecule has 2 rings (SSSR count). The van der Waals surface area contributed by atoms with E-state index >= 15 is 0 Å². The van der Waals surface area contributed by atoms with Crippen molar-refractivity contribution in [3.05, 3.63) is 30.1 Å². The Morgan fingerprint density at radius 3 is 2.88 bits per heavy atom. The summed E-state index contributed by atoms with van der Waals surface area (Å²) in [7, 11) is 0. The van der Waals surface area contributed by atoms with Crippen LogP contribution in [0.15, 0.2) is 24.5 Å². The average Bonchev–Trinajstić information content (AvgIpc) is 2.29. The Balaban J connectivity index is 1.65. The SMILES string of the molecule is NCC1(CNCCc2cccnc2)CCC1. The highest BCUT2D eigenvalue weighted by Crippen LogP contribution is 2.38. The van der Waals surface area contributed by atoms with E-state index < -0.39 is 0 Å². The van der Waals surface area contributed by atoms with Crippen molar-refractivity contribution in [2.45, 2.75) is 25.7 Å². The summed E-state index contributed by atoms with van der Waals surface area (Å²) >= 11 is 0. The van der Waals surface area contributed by atoms with Crippen LogP contribution < -0.4 is 11.1 Å². The van der Waals surface area contributed by atoms with Gasteiger partial charge in [-0.2, -0.15) is 0 Å². The van der Waals surface area contributed by atoms with Crippen molar-refractivity contribution >= 4 is 0 Å². The van der Waals surface area contributed by atoms with Gasteiger partial charge in [-0.05, 0) is 49.4 Å². The molecule has 0 radical (unpaired) electrons. The first kappa shape index (κ1) is 11.6. The molecule has 1 aromatic heterocycles. The van der Waals surface area contributed by atoms with E-state index in [1.807, 2.05) is 18.5 Å². The standard InChI is InChI=1S/C13H21N3/c14-10-13(5-2-6-13)11-16-8-4-12-3-1-7-15-9-12/h1,3,7,9,16H,2,4-6,8,10-11,14H2. The van der Waals surface area contributed by atoms with Crippen molar-refractivity contribution in [3.8, 4) is 0 Å². The average molecular weight is 219 g/mol. The van der Waals surface area contributed by atoms with E-state index in [1.54, 1.807) is 0 Å². The molecule has 0 amide bonds. The second-order valence-corrected chi connectivity index (χ2v) is 4.85. The lowest BCUT2D eigenvalue weighted by atomic mass is 9.69. The smallest absolute Gasteiger partial charge is 0.0300 e. The van der Waals surface area contributed by atoms with Gasteiger partial charge in [0.25, 0.3) is 0 Å². The molecule has 0 saturated heterocycles. The predicted molar refractivity (Wildman–Crippen MR) is 66.1 cm³/mol. The first-order chi connectivity index (χ1) is 7.85. The van der Waals surface area contributed by atoms with E-state index in [0.717, 1.165) is 26.1 Å². The van der Waals surface area contributed by atoms with E-state index in [9.17, 15) is 0 Å². The maximum Gasteiger partial charge on any atom is 0.0300 e. The van der Waals surface area contributed by atoms with E-state index in [1.165, 1.54) is 24.8 Å². The predicted octanol–water partition coefficient (Wildman–Crippen LogP) is 1.34. The molecule has 0 aliphatic heterocycles. The van der Waals surface area contributed by atoms with Crippen molar-refractivity contribution in [1.29, 1.82) is 0 Å². The van der Waals surface area contributed by atoms with Gasteiger partial charge >= 0.3 is 0 Å². The fourth-order valence-electron chi connectivity index (χ4n) is 2.26. The number of hydrogen-bond acceptors (Lipinski definition) is 3. The zero-order chi connectivity index (χ0) is 11.3. The molecule has 1 heterocycles. The first-order valence-corrected chi connectivity index (χ1v) is 6.14. The van der Waals surface area contributed by atoms with Gasteiger partial charge in [-0.1, -0.05) is 12.5 Å². The fraction of sp³-hybridized carbons (Fsp3) is 0.615. The fourth-order valence-corrected chi connectivity index (χ4v) is 2.26. The molecule has 16 heavy (non-hydrogen) atoms. The third kappa shape index (κ3) is 2.80. The number of nitrogens with two attached hydrogens (primary N) is 1. The number of pyridine rings is 1. The normalized spacial score (nSPS) is 18.1. The van der Waals surface area contributed by atoms with Gasteiger partial charge in [0.1, 0.15) is 0 Å². The number of hydrogen-bond donors (Lipinski definition) is 2. The van der Waals surface area contributed by atoms with Gasteiger partial charge in [0, 0.05) is 18.9 Å². The molecule has 3 heteroatoms. The van der Waals surface area contributed by atoms with E-state index in [4.69, 9.17) is 5.73 Å². The van der Waals surface area contributed by atoms with E-state index in [-0.39, 0.29) is 0 Å². The summed E-state index contributed by atoms with van der Waals surface area (Å²) in [6, 6.07) is 4.11. The molecular formula is C13H21N3. The van der Waals surface area contributed by atoms with Crippen LogP contribution in [-0.2, 0) is 6.42 Å². The van der Waals surface area contributed by atoms with Crippen LogP contribution in [0.25, 0.3) is 0 Å². The Kier molecular flexibility index (Phi) is 3.91. The quantitative estimate of drug-likeness (QED) is 0.710. The lowest BCUT2D eigenvalue weighted by Gasteiger charge is -2.41. The summed E-state index contributed by atoms with van der Waals surface area (Å²) < 4.78 is 0. The Morgan fingerprint density at radius 2 is 2.31 bits per heavy atom. The Morgan fingerprint density at radius 1 is 1.44 bits per heavy atom. The molecule has 0 spiro atoms.